The van der Waals surface area contributed by atoms with Crippen LogP contribution in [-0.2, 0) is 46.2 Å². The number of aliphatic hydroxyl groups is 1. The minimum Gasteiger partial charge on any atom is -0.458 e. The first-order chi connectivity index (χ1) is 34.5. The Balaban J connectivity index is 0.844. The van der Waals surface area contributed by atoms with E-state index in [0.717, 1.165) is 72.8 Å². The molecule has 2 aromatic heterocycles. The number of pyridine rings is 2. The monoisotopic (exact) mass is 964 g/mol. The number of hydrogen-bond donors (Lipinski definition) is 3. The Hall–Kier alpha value is -6.71. The Morgan fingerprint density at radius 1 is 0.831 bits per heavy atom. The van der Waals surface area contributed by atoms with Crippen LogP contribution in [0.3, 0.4) is 0 Å². The number of carbonyl (C=O) groups excluding carboxylic acids is 3. The summed E-state index contributed by atoms with van der Waals surface area (Å²) >= 11 is 0. The number of ether oxygens (including phenoxy) is 2. The molecule has 3 aliphatic heterocycles. The molecule has 0 aliphatic carbocycles. The summed E-state index contributed by atoms with van der Waals surface area (Å²) in [4.78, 5) is 61.8. The molecule has 0 radical (unpaired) electrons. The summed E-state index contributed by atoms with van der Waals surface area (Å²) in [6, 6.07) is 15.0. The van der Waals surface area contributed by atoms with Crippen LogP contribution in [0.4, 0.5) is 10.5 Å². The summed E-state index contributed by atoms with van der Waals surface area (Å²) < 4.78 is 12.9. The number of hydrogen-bond acceptors (Lipinski definition) is 11. The Labute approximate surface area is 417 Å². The number of cyclic esters (lactones) is 1. The number of amides is 2. The molecule has 71 heavy (non-hydrogen) atoms. The summed E-state index contributed by atoms with van der Waals surface area (Å²) in [5.74, 6) is -0.402. The number of benzene rings is 2. The number of esters is 1. The molecule has 7 rings (SSSR count). The first-order valence-electron chi connectivity index (χ1n) is 25.0. The first-order valence-corrected chi connectivity index (χ1v) is 25.0. The minimum absolute atomic E-state index is 0.0170. The van der Waals surface area contributed by atoms with Crippen molar-refractivity contribution in [2.75, 3.05) is 45.6 Å². The SMILES string of the molecule is CC/C=C\C/C=C\C/C=C\C/C=C\C/C=C\C/C=C\CCC(=O)Nc1ccc(CN2CCN(C(=O)Oc3ccc4nc5c(c(CN(C)NC)c4c3)Cn3c-5cc4c(c3=O)COC(=O)[C@]4(O)CC)CC2)cc1. The normalized spacial score (nSPS) is 17.2. The molecule has 1 fully saturated rings. The van der Waals surface area contributed by atoms with Crippen LogP contribution >= 0.6 is 0 Å². The second-order valence-electron chi connectivity index (χ2n) is 18.1. The van der Waals surface area contributed by atoms with Crippen LogP contribution in [0, 0.1) is 0 Å². The number of hydrazine groups is 1. The molecule has 374 valence electrons. The number of allylic oxidation sites excluding steroid dienone is 12. The Bertz CT molecular complexity index is 2760. The van der Waals surface area contributed by atoms with Gasteiger partial charge in [-0.15, -0.1) is 0 Å². The fourth-order valence-electron chi connectivity index (χ4n) is 8.98. The van der Waals surface area contributed by atoms with E-state index in [1.54, 1.807) is 28.5 Å². The molecule has 3 aliphatic rings. The van der Waals surface area contributed by atoms with Crippen molar-refractivity contribution < 1.29 is 29.0 Å². The van der Waals surface area contributed by atoms with E-state index in [1.807, 2.05) is 55.5 Å². The molecule has 4 aromatic rings. The molecule has 0 unspecified atom stereocenters. The lowest BCUT2D eigenvalue weighted by atomic mass is 9.86. The average molecular weight is 964 g/mol. The lowest BCUT2D eigenvalue weighted by Crippen LogP contribution is -2.49. The highest BCUT2D eigenvalue weighted by Crippen LogP contribution is 2.41. The Morgan fingerprint density at radius 2 is 1.46 bits per heavy atom. The van der Waals surface area contributed by atoms with Gasteiger partial charge in [0, 0.05) is 74.9 Å². The van der Waals surface area contributed by atoms with Gasteiger partial charge in [-0.25, -0.2) is 19.6 Å². The number of aromatic nitrogens is 2. The van der Waals surface area contributed by atoms with Crippen LogP contribution in [0.2, 0.25) is 0 Å². The van der Waals surface area contributed by atoms with Gasteiger partial charge in [0.2, 0.25) is 5.91 Å². The van der Waals surface area contributed by atoms with Gasteiger partial charge in [-0.2, -0.15) is 0 Å². The smallest absolute Gasteiger partial charge is 0.415 e. The molecule has 5 heterocycles. The fourth-order valence-corrected chi connectivity index (χ4v) is 8.98. The Kier molecular flexibility index (Phi) is 18.7. The van der Waals surface area contributed by atoms with Crippen molar-refractivity contribution in [3.05, 3.63) is 160 Å². The van der Waals surface area contributed by atoms with Gasteiger partial charge in [0.15, 0.2) is 5.60 Å². The highest BCUT2D eigenvalue weighted by Gasteiger charge is 2.45. The number of fused-ring (bicyclic) bond motifs is 5. The number of rotatable bonds is 22. The van der Waals surface area contributed by atoms with Crippen LogP contribution in [-0.4, -0.2) is 87.7 Å². The highest BCUT2D eigenvalue weighted by molar-refractivity contribution is 5.91. The molecule has 14 heteroatoms. The van der Waals surface area contributed by atoms with Gasteiger partial charge in [0.05, 0.1) is 29.0 Å². The first kappa shape index (κ1) is 52.1. The number of anilines is 1. The maximum Gasteiger partial charge on any atom is 0.415 e. The van der Waals surface area contributed by atoms with Crippen molar-refractivity contribution in [3.8, 4) is 17.1 Å². The van der Waals surface area contributed by atoms with Crippen LogP contribution in [0.25, 0.3) is 22.3 Å². The van der Waals surface area contributed by atoms with E-state index >= 15 is 0 Å². The van der Waals surface area contributed by atoms with Crippen molar-refractivity contribution in [1.82, 2.24) is 29.8 Å². The molecule has 0 spiro atoms. The van der Waals surface area contributed by atoms with Gasteiger partial charge in [0.25, 0.3) is 5.56 Å². The largest absolute Gasteiger partial charge is 0.458 e. The maximum atomic E-state index is 13.9. The second kappa shape index (κ2) is 25.4. The average Bonchev–Trinajstić information content (AvgIpc) is 3.75. The van der Waals surface area contributed by atoms with Gasteiger partial charge < -0.3 is 29.4 Å². The van der Waals surface area contributed by atoms with Crippen molar-refractivity contribution in [3.63, 3.8) is 0 Å². The maximum absolute atomic E-state index is 13.9. The van der Waals surface area contributed by atoms with E-state index in [0.29, 0.717) is 68.2 Å². The van der Waals surface area contributed by atoms with Crippen LogP contribution < -0.4 is 21.0 Å². The van der Waals surface area contributed by atoms with E-state index in [9.17, 15) is 24.3 Å². The van der Waals surface area contributed by atoms with Crippen molar-refractivity contribution >= 4 is 34.6 Å². The lowest BCUT2D eigenvalue weighted by Gasteiger charge is -2.34. The molecule has 0 saturated carbocycles. The molecule has 1 saturated heterocycles. The predicted molar refractivity (Wildman–Crippen MR) is 280 cm³/mol. The van der Waals surface area contributed by atoms with Crippen molar-refractivity contribution in [1.29, 1.82) is 0 Å². The molecular formula is C57H69N7O7. The fraction of sp³-hybridized carbons (Fsp3) is 0.386. The third-order valence-electron chi connectivity index (χ3n) is 13.2. The van der Waals surface area contributed by atoms with Crippen LogP contribution in [0.15, 0.2) is 126 Å². The molecule has 1 atom stereocenters. The van der Waals surface area contributed by atoms with Crippen LogP contribution in [0.5, 0.6) is 5.75 Å². The summed E-state index contributed by atoms with van der Waals surface area (Å²) in [5.41, 5.74) is 6.82. The van der Waals surface area contributed by atoms with Crippen molar-refractivity contribution in [2.45, 2.75) is 103 Å². The van der Waals surface area contributed by atoms with Crippen molar-refractivity contribution in [2.24, 2.45) is 0 Å². The van der Waals surface area contributed by atoms with Gasteiger partial charge >= 0.3 is 12.1 Å². The minimum atomic E-state index is -1.92. The predicted octanol–water partition coefficient (Wildman–Crippen LogP) is 9.38. The van der Waals surface area contributed by atoms with Gasteiger partial charge in [-0.1, -0.05) is 98.9 Å². The molecule has 2 amide bonds. The number of carbonyl (C=O) groups is 3. The zero-order valence-electron chi connectivity index (χ0n) is 41.7. The lowest BCUT2D eigenvalue weighted by molar-refractivity contribution is -0.172. The molecule has 0 bridgehead atoms. The zero-order valence-corrected chi connectivity index (χ0v) is 41.7. The van der Waals surface area contributed by atoms with Gasteiger partial charge in [0.1, 0.15) is 12.4 Å². The molecule has 14 nitrogen and oxygen atoms in total. The summed E-state index contributed by atoms with van der Waals surface area (Å²) in [6.45, 7) is 7.39. The second-order valence-corrected chi connectivity index (χ2v) is 18.1. The number of nitrogens with zero attached hydrogens (tertiary/aromatic N) is 5. The number of piperazine rings is 1. The zero-order chi connectivity index (χ0) is 50.2. The number of nitrogens with one attached hydrogen (secondary N) is 2. The van der Waals surface area contributed by atoms with E-state index in [1.165, 1.54) is 0 Å². The molecule has 3 N–H and O–H groups in total. The van der Waals surface area contributed by atoms with E-state index < -0.39 is 17.7 Å². The van der Waals surface area contributed by atoms with E-state index in [-0.39, 0.29) is 42.2 Å². The standard InChI is InChI=1S/C57H69N7O7/c1-5-7-8-9-10-11-12-13-14-15-16-17-18-19-20-21-22-23-24-25-52(65)59-43-28-26-42(27-29-43)38-62-32-34-63(35-33-62)56(68)71-44-30-31-50-45(36-44)46(39-61(4)58-3)47-40-64-51(53(47)60-50)37-49-48(54(64)66)41-70-55(67)57(49,69)6-2/h7-8,10-11,13-14,16-17,19-20,22-23,26-31,36-37,58,69H,5-6,9,12,15,18,21,24-25,32-35,38-41H2,1-4H3,(H,59,65)/b8-7-,11-10-,14-13-,17-16-,20-19-,23-22-/t57-/m0/s1. The van der Waals surface area contributed by atoms with Gasteiger partial charge in [-0.05, 0) is 106 Å². The van der Waals surface area contributed by atoms with Gasteiger partial charge in [-0.3, -0.25) is 19.9 Å². The van der Waals surface area contributed by atoms with E-state index in [4.69, 9.17) is 14.5 Å². The Morgan fingerprint density at radius 3 is 2.08 bits per heavy atom. The third-order valence-corrected chi connectivity index (χ3v) is 13.2. The summed E-state index contributed by atoms with van der Waals surface area (Å²) in [7, 11) is 3.73. The third kappa shape index (κ3) is 13.4. The van der Waals surface area contributed by atoms with Crippen LogP contribution in [0.1, 0.15) is 99.5 Å². The highest BCUT2D eigenvalue weighted by atomic mass is 16.6. The topological polar surface area (TPSA) is 159 Å². The molecular weight excluding hydrogens is 895 g/mol. The summed E-state index contributed by atoms with van der Waals surface area (Å²) in [6.07, 6.45) is 32.6. The quantitative estimate of drug-likeness (QED) is 0.0345. The molecule has 2 aromatic carbocycles. The summed E-state index contributed by atoms with van der Waals surface area (Å²) in [5, 5.41) is 17.0. The van der Waals surface area contributed by atoms with E-state index in [2.05, 4.69) is 95.5 Å².